The van der Waals surface area contributed by atoms with E-state index >= 15 is 0 Å². The summed E-state index contributed by atoms with van der Waals surface area (Å²) in [5.41, 5.74) is 0. The van der Waals surface area contributed by atoms with Gasteiger partial charge in [0.05, 0.1) is 27.7 Å². The highest BCUT2D eigenvalue weighted by Gasteiger charge is 2.25. The second-order valence-corrected chi connectivity index (χ2v) is 4.11. The topological polar surface area (TPSA) is 20.2 Å². The molecule has 0 aliphatic heterocycles. The van der Waals surface area contributed by atoms with E-state index in [4.69, 9.17) is 5.11 Å². The Kier molecular flexibility index (Phi) is 6.49. The first-order valence-electron chi connectivity index (χ1n) is 3.81. The van der Waals surface area contributed by atoms with Crippen LogP contribution in [0.4, 0.5) is 0 Å². The van der Waals surface area contributed by atoms with E-state index < -0.39 is 0 Å². The van der Waals surface area contributed by atoms with Gasteiger partial charge < -0.3 is 26.6 Å². The van der Waals surface area contributed by atoms with Gasteiger partial charge in [0, 0.05) is 5.92 Å². The molecule has 1 unspecified atom stereocenters. The molecule has 0 spiro atoms. The molecule has 3 heteroatoms. The molecule has 0 radical (unpaired) electrons. The number of hydrogen-bond acceptors (Lipinski definition) is 1. The van der Waals surface area contributed by atoms with Crippen LogP contribution < -0.4 is 17.0 Å². The van der Waals surface area contributed by atoms with E-state index in [0.29, 0.717) is 12.0 Å². The van der Waals surface area contributed by atoms with E-state index in [1.54, 1.807) is 0 Å². The Balaban J connectivity index is 0. The van der Waals surface area contributed by atoms with Gasteiger partial charge in [0.15, 0.2) is 0 Å². The molecule has 1 N–H and O–H groups in total. The van der Waals surface area contributed by atoms with Gasteiger partial charge in [-0.05, 0) is 0 Å². The molecule has 0 fully saturated rings. The van der Waals surface area contributed by atoms with E-state index in [-0.39, 0.29) is 23.6 Å². The second kappa shape index (κ2) is 5.12. The minimum Gasteiger partial charge on any atom is -1.00 e. The van der Waals surface area contributed by atoms with Gasteiger partial charge >= 0.3 is 0 Å². The summed E-state index contributed by atoms with van der Waals surface area (Å²) in [5, 5.41) is 9.02. The lowest BCUT2D eigenvalue weighted by atomic mass is 10.0. The van der Waals surface area contributed by atoms with E-state index in [1.807, 2.05) is 0 Å². The lowest BCUT2D eigenvalue weighted by Crippen LogP contribution is -3.00. The average molecular weight is 226 g/mol. The molecule has 0 bridgehead atoms. The fourth-order valence-corrected chi connectivity index (χ4v) is 1.35. The molecule has 70 valence electrons. The Bertz CT molecular complexity index is 98.8. The van der Waals surface area contributed by atoms with Gasteiger partial charge in [-0.25, -0.2) is 0 Å². The largest absolute Gasteiger partial charge is 1.00 e. The quantitative estimate of drug-likeness (QED) is 0.537. The zero-order valence-corrected chi connectivity index (χ0v) is 9.72. The molecule has 0 rings (SSSR count). The van der Waals surface area contributed by atoms with Gasteiger partial charge in [0.1, 0.15) is 6.04 Å². The Morgan fingerprint density at radius 1 is 1.18 bits per heavy atom. The van der Waals surface area contributed by atoms with Crippen molar-refractivity contribution in [3.63, 3.8) is 0 Å². The maximum absolute atomic E-state index is 9.02. The van der Waals surface area contributed by atoms with Crippen molar-refractivity contribution < 1.29 is 26.6 Å². The highest BCUT2D eigenvalue weighted by Crippen LogP contribution is 2.11. The monoisotopic (exact) mass is 225 g/mol. The SMILES string of the molecule is CC(C)C(CO)[N+](C)(C)C.[Br-]. The summed E-state index contributed by atoms with van der Waals surface area (Å²) in [6, 6.07) is 0.361. The maximum Gasteiger partial charge on any atom is 0.114 e. The summed E-state index contributed by atoms with van der Waals surface area (Å²) in [6.45, 7) is 4.57. The smallest absolute Gasteiger partial charge is 0.114 e. The summed E-state index contributed by atoms with van der Waals surface area (Å²) in [4.78, 5) is 0. The van der Waals surface area contributed by atoms with E-state index in [2.05, 4.69) is 35.0 Å². The molecule has 0 saturated heterocycles. The van der Waals surface area contributed by atoms with Gasteiger partial charge in [0.25, 0.3) is 0 Å². The Morgan fingerprint density at radius 2 is 1.55 bits per heavy atom. The maximum atomic E-state index is 9.02. The number of halogens is 1. The summed E-state index contributed by atoms with van der Waals surface area (Å²) < 4.78 is 0.841. The van der Waals surface area contributed by atoms with Crippen LogP contribution >= 0.6 is 0 Å². The molecule has 1 atom stereocenters. The Labute approximate surface area is 80.6 Å². The molecule has 2 nitrogen and oxygen atoms in total. The van der Waals surface area contributed by atoms with Crippen LogP contribution in [0.3, 0.4) is 0 Å². The number of aliphatic hydroxyl groups is 1. The van der Waals surface area contributed by atoms with Crippen LogP contribution in [-0.4, -0.2) is 43.4 Å². The van der Waals surface area contributed by atoms with Crippen LogP contribution in [-0.2, 0) is 0 Å². The number of likely N-dealkylation sites (N-methyl/N-ethyl adjacent to an activating group) is 1. The van der Waals surface area contributed by atoms with Crippen molar-refractivity contribution >= 4 is 0 Å². The first-order valence-corrected chi connectivity index (χ1v) is 3.81. The molecule has 0 aliphatic rings. The summed E-state index contributed by atoms with van der Waals surface area (Å²) >= 11 is 0. The van der Waals surface area contributed by atoms with Crippen molar-refractivity contribution in [1.82, 2.24) is 0 Å². The Morgan fingerprint density at radius 3 is 1.55 bits per heavy atom. The van der Waals surface area contributed by atoms with Crippen LogP contribution in [0.2, 0.25) is 0 Å². The molecule has 0 amide bonds. The fraction of sp³-hybridized carbons (Fsp3) is 1.00. The zero-order chi connectivity index (χ0) is 8.36. The molecule has 0 aliphatic carbocycles. The minimum atomic E-state index is 0. The number of aliphatic hydroxyl groups excluding tert-OH is 1. The standard InChI is InChI=1S/C8H20NO.BrH/c1-7(2)8(6-10)9(3,4)5;/h7-8,10H,6H2,1-5H3;1H/q+1;/p-1. The van der Waals surface area contributed by atoms with Crippen LogP contribution in [0.25, 0.3) is 0 Å². The van der Waals surface area contributed by atoms with E-state index in [9.17, 15) is 0 Å². The van der Waals surface area contributed by atoms with Gasteiger partial charge in [-0.1, -0.05) is 13.8 Å². The number of hydrogen-bond donors (Lipinski definition) is 1. The highest BCUT2D eigenvalue weighted by atomic mass is 79.9. The molecular formula is C8H20BrNO. The predicted molar refractivity (Wildman–Crippen MR) is 43.7 cm³/mol. The van der Waals surface area contributed by atoms with Crippen LogP contribution in [0, 0.1) is 5.92 Å². The van der Waals surface area contributed by atoms with E-state index in [0.717, 1.165) is 4.48 Å². The third-order valence-electron chi connectivity index (χ3n) is 1.95. The molecular weight excluding hydrogens is 206 g/mol. The van der Waals surface area contributed by atoms with Crippen molar-refractivity contribution in [1.29, 1.82) is 0 Å². The predicted octanol–water partition coefficient (Wildman–Crippen LogP) is -2.29. The molecule has 0 aromatic rings. The minimum absolute atomic E-state index is 0. The molecule has 0 saturated carbocycles. The molecule has 0 aromatic carbocycles. The second-order valence-electron chi connectivity index (χ2n) is 4.11. The first-order chi connectivity index (χ1) is 4.39. The number of nitrogens with zero attached hydrogens (tertiary/aromatic N) is 1. The van der Waals surface area contributed by atoms with Crippen LogP contribution in [0.15, 0.2) is 0 Å². The van der Waals surface area contributed by atoms with Crippen molar-refractivity contribution in [3.8, 4) is 0 Å². The van der Waals surface area contributed by atoms with E-state index in [1.165, 1.54) is 0 Å². The highest BCUT2D eigenvalue weighted by molar-refractivity contribution is 4.59. The van der Waals surface area contributed by atoms with Gasteiger partial charge in [-0.2, -0.15) is 0 Å². The van der Waals surface area contributed by atoms with Crippen molar-refractivity contribution in [2.45, 2.75) is 19.9 Å². The van der Waals surface area contributed by atoms with Crippen LogP contribution in [0.5, 0.6) is 0 Å². The molecule has 11 heavy (non-hydrogen) atoms. The van der Waals surface area contributed by atoms with Crippen molar-refractivity contribution in [3.05, 3.63) is 0 Å². The van der Waals surface area contributed by atoms with Gasteiger partial charge in [0.2, 0.25) is 0 Å². The van der Waals surface area contributed by atoms with Gasteiger partial charge in [-0.15, -0.1) is 0 Å². The lowest BCUT2D eigenvalue weighted by Gasteiger charge is -2.35. The van der Waals surface area contributed by atoms with Crippen molar-refractivity contribution in [2.75, 3.05) is 27.7 Å². The van der Waals surface area contributed by atoms with Crippen LogP contribution in [0.1, 0.15) is 13.8 Å². The number of rotatable bonds is 3. The summed E-state index contributed by atoms with van der Waals surface area (Å²) in [6.07, 6.45) is 0. The Hall–Kier alpha value is 0.400. The third-order valence-corrected chi connectivity index (χ3v) is 1.95. The van der Waals surface area contributed by atoms with Gasteiger partial charge in [-0.3, -0.25) is 0 Å². The third kappa shape index (κ3) is 4.77. The number of quaternary nitrogens is 1. The lowest BCUT2D eigenvalue weighted by molar-refractivity contribution is -0.900. The average Bonchev–Trinajstić information content (AvgIpc) is 1.60. The first kappa shape index (κ1) is 14.0. The summed E-state index contributed by atoms with van der Waals surface area (Å²) in [5.74, 6) is 0.546. The normalized spacial score (nSPS) is 14.5. The zero-order valence-electron chi connectivity index (χ0n) is 8.13. The van der Waals surface area contributed by atoms with Crippen molar-refractivity contribution in [2.24, 2.45) is 5.92 Å². The molecule has 0 heterocycles. The fourth-order valence-electron chi connectivity index (χ4n) is 1.35. The molecule has 0 aromatic heterocycles. The summed E-state index contributed by atoms with van der Waals surface area (Å²) in [7, 11) is 6.34.